The zero-order valence-electron chi connectivity index (χ0n) is 7.53. The maximum absolute atomic E-state index is 9.14. The van der Waals surface area contributed by atoms with Crippen molar-refractivity contribution in [2.45, 2.75) is 45.1 Å². The van der Waals surface area contributed by atoms with Crippen molar-refractivity contribution in [1.82, 2.24) is 0 Å². The number of hydrogen-bond donors (Lipinski definition) is 3. The molecule has 0 radical (unpaired) electrons. The first-order valence-electron chi connectivity index (χ1n) is 4.43. The van der Waals surface area contributed by atoms with Gasteiger partial charge in [-0.05, 0) is 6.42 Å². The number of hydrogen-bond acceptors (Lipinski definition) is 3. The molecule has 0 saturated heterocycles. The largest absolute Gasteiger partial charge is 0.512 e. The van der Waals surface area contributed by atoms with Crippen LogP contribution >= 0.6 is 0 Å². The Bertz CT molecular complexity index is 132. The van der Waals surface area contributed by atoms with Gasteiger partial charge in [0.1, 0.15) is 12.4 Å². The Morgan fingerprint density at radius 1 is 1.33 bits per heavy atom. The normalized spacial score (nSPS) is 14.7. The molecule has 0 aliphatic rings. The van der Waals surface area contributed by atoms with E-state index in [-0.39, 0.29) is 5.76 Å². The van der Waals surface area contributed by atoms with Gasteiger partial charge in [0.15, 0.2) is 5.76 Å². The number of aliphatic hydroxyl groups is 3. The molecule has 3 N–H and O–H groups in total. The summed E-state index contributed by atoms with van der Waals surface area (Å²) in [7, 11) is 0. The molecule has 0 amide bonds. The van der Waals surface area contributed by atoms with Gasteiger partial charge in [0.05, 0.1) is 0 Å². The number of unbranched alkanes of at least 4 members (excludes halogenated alkanes) is 3. The highest BCUT2D eigenvalue weighted by Crippen LogP contribution is 2.09. The molecule has 0 aromatic rings. The third-order valence-electron chi connectivity index (χ3n) is 1.80. The maximum atomic E-state index is 9.14. The molecule has 1 unspecified atom stereocenters. The molecule has 3 nitrogen and oxygen atoms in total. The molecule has 0 heterocycles. The van der Waals surface area contributed by atoms with Gasteiger partial charge in [0.2, 0.25) is 0 Å². The van der Waals surface area contributed by atoms with Gasteiger partial charge in [0.25, 0.3) is 0 Å². The van der Waals surface area contributed by atoms with Gasteiger partial charge in [-0.15, -0.1) is 0 Å². The quantitative estimate of drug-likeness (QED) is 0.427. The first-order chi connectivity index (χ1) is 5.72. The first-order valence-corrected chi connectivity index (χ1v) is 4.43. The van der Waals surface area contributed by atoms with Crippen molar-refractivity contribution in [1.29, 1.82) is 0 Å². The molecule has 72 valence electrons. The molecule has 1 atom stereocenters. The Kier molecular flexibility index (Phi) is 6.57. The van der Waals surface area contributed by atoms with Crippen LogP contribution in [0.3, 0.4) is 0 Å². The van der Waals surface area contributed by atoms with Gasteiger partial charge in [0, 0.05) is 0 Å². The van der Waals surface area contributed by atoms with E-state index >= 15 is 0 Å². The Hall–Kier alpha value is -0.700. The Labute approximate surface area is 73.4 Å². The van der Waals surface area contributed by atoms with Crippen LogP contribution in [0, 0.1) is 0 Å². The standard InChI is InChI=1S/C9H18O3/c1-2-3-4-5-6-8(11)9(12)7-10/h7-8,10-12H,2-6H2,1H3. The van der Waals surface area contributed by atoms with Crippen molar-refractivity contribution in [3.8, 4) is 0 Å². The van der Waals surface area contributed by atoms with Gasteiger partial charge in [-0.1, -0.05) is 32.6 Å². The lowest BCUT2D eigenvalue weighted by Gasteiger charge is -2.07. The fraction of sp³-hybridized carbons (Fsp3) is 0.778. The third-order valence-corrected chi connectivity index (χ3v) is 1.80. The monoisotopic (exact) mass is 174 g/mol. The molecular formula is C9H18O3. The summed E-state index contributed by atoms with van der Waals surface area (Å²) >= 11 is 0. The van der Waals surface area contributed by atoms with Crippen LogP contribution in [0.15, 0.2) is 12.0 Å². The summed E-state index contributed by atoms with van der Waals surface area (Å²) in [6.07, 6.45) is 4.41. The minimum Gasteiger partial charge on any atom is -0.512 e. The van der Waals surface area contributed by atoms with Crippen molar-refractivity contribution in [3.63, 3.8) is 0 Å². The SMILES string of the molecule is CCCCCCC(O)C(O)=CO. The van der Waals surface area contributed by atoms with Crippen LogP contribution in [0.2, 0.25) is 0 Å². The second kappa shape index (κ2) is 6.98. The van der Waals surface area contributed by atoms with E-state index in [1.807, 2.05) is 0 Å². The summed E-state index contributed by atoms with van der Waals surface area (Å²) < 4.78 is 0. The highest BCUT2D eigenvalue weighted by molar-refractivity contribution is 4.91. The molecule has 0 bridgehead atoms. The lowest BCUT2D eigenvalue weighted by molar-refractivity contribution is 0.134. The summed E-state index contributed by atoms with van der Waals surface area (Å²) in [6.45, 7) is 2.11. The van der Waals surface area contributed by atoms with E-state index in [2.05, 4.69) is 6.92 Å². The van der Waals surface area contributed by atoms with Gasteiger partial charge in [-0.25, -0.2) is 0 Å². The molecule has 0 fully saturated rings. The van der Waals surface area contributed by atoms with Crippen LogP contribution in [0.25, 0.3) is 0 Å². The van der Waals surface area contributed by atoms with E-state index < -0.39 is 6.10 Å². The van der Waals surface area contributed by atoms with Gasteiger partial charge in [-0.2, -0.15) is 0 Å². The Morgan fingerprint density at radius 3 is 2.50 bits per heavy atom. The van der Waals surface area contributed by atoms with E-state index in [1.165, 1.54) is 0 Å². The summed E-state index contributed by atoms with van der Waals surface area (Å²) in [5.41, 5.74) is 0. The lowest BCUT2D eigenvalue weighted by atomic mass is 10.1. The van der Waals surface area contributed by atoms with Crippen molar-refractivity contribution in [2.24, 2.45) is 0 Å². The third kappa shape index (κ3) is 5.02. The van der Waals surface area contributed by atoms with E-state index in [0.29, 0.717) is 12.7 Å². The average Bonchev–Trinajstić information content (AvgIpc) is 2.10. The predicted molar refractivity (Wildman–Crippen MR) is 48.1 cm³/mol. The lowest BCUT2D eigenvalue weighted by Crippen LogP contribution is -2.09. The molecule has 0 aliphatic carbocycles. The Morgan fingerprint density at radius 2 is 2.00 bits per heavy atom. The van der Waals surface area contributed by atoms with Crippen molar-refractivity contribution in [2.75, 3.05) is 0 Å². The van der Waals surface area contributed by atoms with Crippen LogP contribution in [0.1, 0.15) is 39.0 Å². The molecule has 12 heavy (non-hydrogen) atoms. The Balaban J connectivity index is 3.37. The zero-order chi connectivity index (χ0) is 9.40. The minimum absolute atomic E-state index is 0.341. The summed E-state index contributed by atoms with van der Waals surface area (Å²) in [5, 5.41) is 26.3. The predicted octanol–water partition coefficient (Wildman–Crippen LogP) is 2.28. The van der Waals surface area contributed by atoms with Crippen LogP contribution < -0.4 is 0 Å². The van der Waals surface area contributed by atoms with Crippen molar-refractivity contribution >= 4 is 0 Å². The van der Waals surface area contributed by atoms with Crippen LogP contribution in [0.4, 0.5) is 0 Å². The van der Waals surface area contributed by atoms with Gasteiger partial charge in [-0.3, -0.25) is 0 Å². The van der Waals surface area contributed by atoms with Gasteiger partial charge < -0.3 is 15.3 Å². The van der Waals surface area contributed by atoms with Crippen LogP contribution in [-0.2, 0) is 0 Å². The fourth-order valence-corrected chi connectivity index (χ4v) is 0.998. The topological polar surface area (TPSA) is 60.7 Å². The van der Waals surface area contributed by atoms with E-state index in [4.69, 9.17) is 15.3 Å². The van der Waals surface area contributed by atoms with Crippen molar-refractivity contribution < 1.29 is 15.3 Å². The van der Waals surface area contributed by atoms with Gasteiger partial charge >= 0.3 is 0 Å². The molecule has 0 rings (SSSR count). The average molecular weight is 174 g/mol. The highest BCUT2D eigenvalue weighted by atomic mass is 16.3. The molecule has 3 heteroatoms. The minimum atomic E-state index is -0.896. The summed E-state index contributed by atoms with van der Waals surface area (Å²) in [4.78, 5) is 0. The number of rotatable bonds is 6. The molecule has 0 aliphatic heterocycles. The second-order valence-corrected chi connectivity index (χ2v) is 2.92. The van der Waals surface area contributed by atoms with Crippen molar-refractivity contribution in [3.05, 3.63) is 12.0 Å². The van der Waals surface area contributed by atoms with E-state index in [9.17, 15) is 0 Å². The van der Waals surface area contributed by atoms with E-state index in [0.717, 1.165) is 25.7 Å². The van der Waals surface area contributed by atoms with Crippen LogP contribution in [-0.4, -0.2) is 21.4 Å². The smallest absolute Gasteiger partial charge is 0.155 e. The zero-order valence-corrected chi connectivity index (χ0v) is 7.53. The summed E-state index contributed by atoms with van der Waals surface area (Å²) in [6, 6.07) is 0. The molecule has 0 saturated carbocycles. The highest BCUT2D eigenvalue weighted by Gasteiger charge is 2.07. The van der Waals surface area contributed by atoms with E-state index in [1.54, 1.807) is 0 Å². The van der Waals surface area contributed by atoms with Crippen LogP contribution in [0.5, 0.6) is 0 Å². The molecule has 0 aromatic carbocycles. The molecule has 0 spiro atoms. The maximum Gasteiger partial charge on any atom is 0.155 e. The summed E-state index contributed by atoms with van der Waals surface area (Å²) in [5.74, 6) is -0.341. The number of aliphatic hydroxyl groups excluding tert-OH is 3. The molecular weight excluding hydrogens is 156 g/mol. The first kappa shape index (κ1) is 11.3. The molecule has 0 aromatic heterocycles. The second-order valence-electron chi connectivity index (χ2n) is 2.92. The fourth-order valence-electron chi connectivity index (χ4n) is 0.998.